The van der Waals surface area contributed by atoms with Crippen molar-refractivity contribution in [3.63, 3.8) is 0 Å². The van der Waals surface area contributed by atoms with E-state index >= 15 is 0 Å². The Hall–Kier alpha value is -1.81. The number of carbonyl (C=O) groups excluding carboxylic acids is 1. The summed E-state index contributed by atoms with van der Waals surface area (Å²) < 4.78 is 5.45. The van der Waals surface area contributed by atoms with Crippen molar-refractivity contribution in [1.29, 1.82) is 0 Å². The number of carbonyl (C=O) groups is 1. The van der Waals surface area contributed by atoms with E-state index in [2.05, 4.69) is 0 Å². The summed E-state index contributed by atoms with van der Waals surface area (Å²) in [5.41, 5.74) is 1.36. The normalized spacial score (nSPS) is 20.5. The summed E-state index contributed by atoms with van der Waals surface area (Å²) in [5, 5.41) is 10.4. The van der Waals surface area contributed by atoms with Crippen molar-refractivity contribution >= 4 is 16.9 Å². The first-order chi connectivity index (χ1) is 9.66. The molecule has 1 N–H and O–H groups in total. The lowest BCUT2D eigenvalue weighted by atomic mass is 10.1. The van der Waals surface area contributed by atoms with E-state index in [4.69, 9.17) is 4.42 Å². The third kappa shape index (κ3) is 2.31. The molecule has 3 rings (SSSR count). The second-order valence-electron chi connectivity index (χ2n) is 5.52. The number of aliphatic hydroxyl groups excluding tert-OH is 1. The van der Waals surface area contributed by atoms with Crippen LogP contribution in [0.1, 0.15) is 36.5 Å². The predicted molar refractivity (Wildman–Crippen MR) is 76.6 cm³/mol. The molecule has 2 heterocycles. The summed E-state index contributed by atoms with van der Waals surface area (Å²) in [7, 11) is 0. The Morgan fingerprint density at radius 1 is 1.50 bits per heavy atom. The van der Waals surface area contributed by atoms with Gasteiger partial charge in [-0.3, -0.25) is 4.79 Å². The third-order valence-electron chi connectivity index (χ3n) is 3.96. The van der Waals surface area contributed by atoms with E-state index in [0.29, 0.717) is 12.0 Å². The molecule has 0 radical (unpaired) electrons. The highest BCUT2D eigenvalue weighted by Gasteiger charge is 2.31. The van der Waals surface area contributed by atoms with Gasteiger partial charge in [0, 0.05) is 18.0 Å². The number of para-hydroxylation sites is 1. The lowest BCUT2D eigenvalue weighted by molar-refractivity contribution is 0.0683. The van der Waals surface area contributed by atoms with E-state index in [0.717, 1.165) is 30.4 Å². The molecule has 106 valence electrons. The van der Waals surface area contributed by atoms with Gasteiger partial charge in [0.15, 0.2) is 0 Å². The Morgan fingerprint density at radius 3 is 3.10 bits per heavy atom. The van der Waals surface area contributed by atoms with Crippen molar-refractivity contribution in [3.8, 4) is 0 Å². The van der Waals surface area contributed by atoms with Crippen LogP contribution in [0.5, 0.6) is 0 Å². The third-order valence-corrected chi connectivity index (χ3v) is 3.96. The fourth-order valence-electron chi connectivity index (χ4n) is 3.04. The average Bonchev–Trinajstić information content (AvgIpc) is 3.03. The molecular weight excluding hydrogens is 254 g/mol. The fraction of sp³-hybridized carbons (Fsp3) is 0.438. The van der Waals surface area contributed by atoms with Gasteiger partial charge in [-0.2, -0.15) is 0 Å². The standard InChI is InChI=1S/C16H19NO3/c1-11(18)9-12-5-4-8-17(12)16(19)14-10-20-15-7-3-2-6-13(14)15/h2-3,6-7,10-12,18H,4-5,8-9H2,1H3. The van der Waals surface area contributed by atoms with Crippen LogP contribution >= 0.6 is 0 Å². The number of amides is 1. The second-order valence-corrected chi connectivity index (χ2v) is 5.52. The first-order valence-electron chi connectivity index (χ1n) is 7.12. The summed E-state index contributed by atoms with van der Waals surface area (Å²) in [5.74, 6) is 0.0121. The zero-order chi connectivity index (χ0) is 14.1. The van der Waals surface area contributed by atoms with Crippen LogP contribution in [0.3, 0.4) is 0 Å². The van der Waals surface area contributed by atoms with Crippen LogP contribution in [0, 0.1) is 0 Å². The summed E-state index contributed by atoms with van der Waals surface area (Å²) in [6.45, 7) is 2.53. The van der Waals surface area contributed by atoms with Crippen LogP contribution < -0.4 is 0 Å². The molecule has 4 heteroatoms. The number of furan rings is 1. The van der Waals surface area contributed by atoms with Gasteiger partial charge in [-0.05, 0) is 32.3 Å². The van der Waals surface area contributed by atoms with Crippen LogP contribution in [0.2, 0.25) is 0 Å². The first kappa shape index (κ1) is 13.2. The van der Waals surface area contributed by atoms with Gasteiger partial charge in [0.05, 0.1) is 11.7 Å². The van der Waals surface area contributed by atoms with Crippen molar-refractivity contribution in [3.05, 3.63) is 36.1 Å². The quantitative estimate of drug-likeness (QED) is 0.935. The zero-order valence-corrected chi connectivity index (χ0v) is 11.6. The summed E-state index contributed by atoms with van der Waals surface area (Å²) in [6, 6.07) is 7.71. The van der Waals surface area contributed by atoms with Gasteiger partial charge in [-0.25, -0.2) is 0 Å². The molecule has 1 aromatic carbocycles. The molecular formula is C16H19NO3. The smallest absolute Gasteiger partial charge is 0.257 e. The molecule has 20 heavy (non-hydrogen) atoms. The Bertz CT molecular complexity index is 617. The van der Waals surface area contributed by atoms with Crippen molar-refractivity contribution in [1.82, 2.24) is 4.90 Å². The number of hydrogen-bond donors (Lipinski definition) is 1. The maximum atomic E-state index is 12.7. The van der Waals surface area contributed by atoms with Gasteiger partial charge in [0.1, 0.15) is 11.8 Å². The zero-order valence-electron chi connectivity index (χ0n) is 11.6. The van der Waals surface area contributed by atoms with E-state index in [1.54, 1.807) is 13.2 Å². The molecule has 2 aromatic rings. The monoisotopic (exact) mass is 273 g/mol. The maximum absolute atomic E-state index is 12.7. The van der Waals surface area contributed by atoms with Gasteiger partial charge in [0.25, 0.3) is 5.91 Å². The van der Waals surface area contributed by atoms with Crippen LogP contribution in [0.25, 0.3) is 11.0 Å². The number of fused-ring (bicyclic) bond motifs is 1. The van der Waals surface area contributed by atoms with Gasteiger partial charge in [0.2, 0.25) is 0 Å². The lowest BCUT2D eigenvalue weighted by Crippen LogP contribution is -2.37. The van der Waals surface area contributed by atoms with E-state index in [1.165, 1.54) is 0 Å². The number of hydrogen-bond acceptors (Lipinski definition) is 3. The molecule has 0 spiro atoms. The van der Waals surface area contributed by atoms with Crippen molar-refractivity contribution < 1.29 is 14.3 Å². The minimum atomic E-state index is -0.380. The Kier molecular flexibility index (Phi) is 3.49. The van der Waals surface area contributed by atoms with Crippen molar-refractivity contribution in [2.75, 3.05) is 6.54 Å². The molecule has 1 saturated heterocycles. The highest BCUT2D eigenvalue weighted by molar-refractivity contribution is 6.06. The van der Waals surface area contributed by atoms with Crippen LogP contribution in [0.4, 0.5) is 0 Å². The lowest BCUT2D eigenvalue weighted by Gasteiger charge is -2.25. The van der Waals surface area contributed by atoms with Crippen LogP contribution in [-0.4, -0.2) is 34.6 Å². The van der Waals surface area contributed by atoms with E-state index in [9.17, 15) is 9.90 Å². The molecule has 0 saturated carbocycles. The molecule has 2 unspecified atom stereocenters. The van der Waals surface area contributed by atoms with Gasteiger partial charge < -0.3 is 14.4 Å². The SMILES string of the molecule is CC(O)CC1CCCN1C(=O)c1coc2ccccc12. The second kappa shape index (κ2) is 5.29. The van der Waals surface area contributed by atoms with E-state index in [-0.39, 0.29) is 18.1 Å². The molecule has 0 bridgehead atoms. The molecule has 1 aromatic heterocycles. The number of aliphatic hydroxyl groups is 1. The minimum absolute atomic E-state index is 0.0121. The van der Waals surface area contributed by atoms with Gasteiger partial charge in [-0.15, -0.1) is 0 Å². The highest BCUT2D eigenvalue weighted by Crippen LogP contribution is 2.27. The molecule has 1 aliphatic rings. The number of rotatable bonds is 3. The van der Waals surface area contributed by atoms with Crippen LogP contribution in [0.15, 0.2) is 34.9 Å². The van der Waals surface area contributed by atoms with E-state index < -0.39 is 0 Å². The highest BCUT2D eigenvalue weighted by atomic mass is 16.3. The summed E-state index contributed by atoms with van der Waals surface area (Å²) >= 11 is 0. The molecule has 1 fully saturated rings. The maximum Gasteiger partial charge on any atom is 0.257 e. The number of nitrogens with zero attached hydrogens (tertiary/aromatic N) is 1. The summed E-state index contributed by atoms with van der Waals surface area (Å²) in [4.78, 5) is 14.6. The van der Waals surface area contributed by atoms with Crippen molar-refractivity contribution in [2.24, 2.45) is 0 Å². The van der Waals surface area contributed by atoms with Gasteiger partial charge >= 0.3 is 0 Å². The number of likely N-dealkylation sites (tertiary alicyclic amines) is 1. The molecule has 1 amide bonds. The Morgan fingerprint density at radius 2 is 2.30 bits per heavy atom. The Balaban J connectivity index is 1.88. The average molecular weight is 273 g/mol. The Labute approximate surface area is 118 Å². The predicted octanol–water partition coefficient (Wildman–Crippen LogP) is 2.81. The summed E-state index contributed by atoms with van der Waals surface area (Å²) in [6.07, 6.45) is 3.77. The molecule has 1 aliphatic heterocycles. The van der Waals surface area contributed by atoms with E-state index in [1.807, 2.05) is 29.2 Å². The molecule has 0 aliphatic carbocycles. The first-order valence-corrected chi connectivity index (χ1v) is 7.12. The van der Waals surface area contributed by atoms with Crippen molar-refractivity contribution in [2.45, 2.75) is 38.3 Å². The van der Waals surface area contributed by atoms with Gasteiger partial charge in [-0.1, -0.05) is 18.2 Å². The minimum Gasteiger partial charge on any atom is -0.463 e. The van der Waals surface area contributed by atoms with Crippen LogP contribution in [-0.2, 0) is 0 Å². The number of benzene rings is 1. The largest absolute Gasteiger partial charge is 0.463 e. The topological polar surface area (TPSA) is 53.7 Å². The fourth-order valence-corrected chi connectivity index (χ4v) is 3.04. The molecule has 2 atom stereocenters. The molecule has 4 nitrogen and oxygen atoms in total.